The van der Waals surface area contributed by atoms with Gasteiger partial charge in [0.2, 0.25) is 5.91 Å². The summed E-state index contributed by atoms with van der Waals surface area (Å²) in [6.45, 7) is 10.4. The summed E-state index contributed by atoms with van der Waals surface area (Å²) in [5, 5.41) is -1.07. The summed E-state index contributed by atoms with van der Waals surface area (Å²) < 4.78 is 51.4. The van der Waals surface area contributed by atoms with E-state index in [9.17, 15) is 14.4 Å². The number of nitrogens with two attached hydrogens (primary N) is 1. The molecule has 10 nitrogen and oxygen atoms in total. The fourth-order valence-electron chi connectivity index (χ4n) is 6.65. The fraction of sp³-hybridized carbons (Fsp3) is 0.303. The van der Waals surface area contributed by atoms with Crippen molar-refractivity contribution in [2.45, 2.75) is 45.7 Å². The van der Waals surface area contributed by atoms with Crippen LogP contribution in [0.4, 0.5) is 30.4 Å². The highest BCUT2D eigenvalue weighted by atomic mass is 35.5. The summed E-state index contributed by atoms with van der Waals surface area (Å²) >= 11 is 12.3. The summed E-state index contributed by atoms with van der Waals surface area (Å²) in [6, 6.07) is 0.940. The highest BCUT2D eigenvalue weighted by Gasteiger charge is 2.45. The van der Waals surface area contributed by atoms with Crippen molar-refractivity contribution in [3.63, 3.8) is 0 Å². The number of hydrogen-bond donors (Lipinski definition) is 1. The van der Waals surface area contributed by atoms with Crippen LogP contribution in [0.1, 0.15) is 37.9 Å². The number of hydrogen-bond acceptors (Lipinski definition) is 7. The third kappa shape index (κ3) is 4.73. The number of carbonyl (C=O) groups is 2. The lowest BCUT2D eigenvalue weighted by molar-refractivity contribution is -0.130. The lowest BCUT2D eigenvalue weighted by atomic mass is 9.97. The number of aryl methyl sites for hydroxylation is 1. The highest BCUT2D eigenvalue weighted by molar-refractivity contribution is 6.37. The SMILES string of the molecule is C=CC(=O)N1CC2C(=O)N(C)c3c(F)c(-c4c(N)c(Cl)cc(Cl)c4F)c(F)c4c3c(nc(=O)n4-c3c(C)ccnc3C(C)C)N2CC1C. The molecular weight excluding hydrogens is 670 g/mol. The molecular formula is C33H30Cl2F3N7O3. The Kier molecular flexibility index (Phi) is 8.19. The number of pyridine rings is 1. The lowest BCUT2D eigenvalue weighted by Gasteiger charge is -2.44. The molecule has 4 heterocycles. The third-order valence-electron chi connectivity index (χ3n) is 8.97. The number of benzene rings is 2. The van der Waals surface area contributed by atoms with Crippen molar-refractivity contribution in [2.24, 2.45) is 0 Å². The number of nitrogen functional groups attached to an aromatic ring is 1. The molecule has 1 saturated heterocycles. The molecule has 2 atom stereocenters. The molecule has 4 aromatic rings. The van der Waals surface area contributed by atoms with Crippen molar-refractivity contribution in [3.05, 3.63) is 80.2 Å². The standard InChI is InChI=1S/C33H30Cl2F3N7O3/c1-7-19(46)43-12-18-32(47)42(6)29-22-30(25(38)20(24(29)37)21-23(36)16(34)10-17(35)26(21)39)45(28-14(4)8-9-40-27(28)13(2)3)33(48)41-31(22)44(18)11-15(43)5/h7-10,13,15,18H,1,11-12,39H2,2-6H3. The molecule has 0 saturated carbocycles. The number of piperazine rings is 1. The maximum absolute atomic E-state index is 17.5. The van der Waals surface area contributed by atoms with Crippen molar-refractivity contribution in [1.29, 1.82) is 0 Å². The molecule has 2 aliphatic rings. The second-order valence-electron chi connectivity index (χ2n) is 12.2. The number of carbonyl (C=O) groups excluding carboxylic acids is 2. The fourth-order valence-corrected chi connectivity index (χ4v) is 7.11. The Bertz CT molecular complexity index is 2130. The second-order valence-corrected chi connectivity index (χ2v) is 13.0. The van der Waals surface area contributed by atoms with Crippen LogP contribution in [0.25, 0.3) is 27.7 Å². The van der Waals surface area contributed by atoms with Gasteiger partial charge in [-0.3, -0.25) is 19.1 Å². The van der Waals surface area contributed by atoms with Gasteiger partial charge in [-0.1, -0.05) is 43.6 Å². The van der Waals surface area contributed by atoms with Crippen molar-refractivity contribution in [2.75, 3.05) is 35.7 Å². The Morgan fingerprint density at radius 2 is 1.77 bits per heavy atom. The molecule has 2 aromatic heterocycles. The largest absolute Gasteiger partial charge is 0.397 e. The topological polar surface area (TPSA) is 118 Å². The van der Waals surface area contributed by atoms with E-state index in [4.69, 9.17) is 28.9 Å². The normalized spacial score (nSPS) is 17.6. The van der Waals surface area contributed by atoms with Gasteiger partial charge >= 0.3 is 5.69 Å². The van der Waals surface area contributed by atoms with E-state index in [2.05, 4.69) is 16.5 Å². The van der Waals surface area contributed by atoms with E-state index < -0.39 is 80.1 Å². The van der Waals surface area contributed by atoms with Crippen LogP contribution < -0.4 is 21.2 Å². The Morgan fingerprint density at radius 1 is 1.08 bits per heavy atom. The predicted molar refractivity (Wildman–Crippen MR) is 180 cm³/mol. The average molecular weight is 701 g/mol. The van der Waals surface area contributed by atoms with Crippen molar-refractivity contribution < 1.29 is 22.8 Å². The van der Waals surface area contributed by atoms with Crippen LogP contribution in [0.5, 0.6) is 0 Å². The van der Waals surface area contributed by atoms with Crippen LogP contribution in [-0.2, 0) is 9.59 Å². The van der Waals surface area contributed by atoms with Crippen LogP contribution in [0.3, 0.4) is 0 Å². The van der Waals surface area contributed by atoms with Crippen LogP contribution in [0.15, 0.2) is 35.8 Å². The Labute approximate surface area is 283 Å². The Morgan fingerprint density at radius 3 is 2.42 bits per heavy atom. The minimum atomic E-state index is -1.37. The van der Waals surface area contributed by atoms with Gasteiger partial charge in [0.15, 0.2) is 17.5 Å². The molecule has 2 N–H and O–H groups in total. The van der Waals surface area contributed by atoms with E-state index in [-0.39, 0.29) is 40.9 Å². The van der Waals surface area contributed by atoms with Gasteiger partial charge in [0.1, 0.15) is 17.4 Å². The number of amides is 2. The smallest absolute Gasteiger partial charge is 0.354 e. The van der Waals surface area contributed by atoms with E-state index in [1.165, 1.54) is 23.0 Å². The number of fused-ring (bicyclic) bond motifs is 2. The molecule has 2 aromatic carbocycles. The molecule has 2 amide bonds. The summed E-state index contributed by atoms with van der Waals surface area (Å²) in [5.41, 5.74) is 2.98. The van der Waals surface area contributed by atoms with Crippen LogP contribution in [-0.4, -0.2) is 63.5 Å². The zero-order valence-electron chi connectivity index (χ0n) is 26.5. The quantitative estimate of drug-likeness (QED) is 0.164. The van der Waals surface area contributed by atoms with E-state index in [1.807, 2.05) is 13.8 Å². The molecule has 0 aliphatic carbocycles. The summed E-state index contributed by atoms with van der Waals surface area (Å²) in [6.07, 6.45) is 2.65. The summed E-state index contributed by atoms with van der Waals surface area (Å²) in [4.78, 5) is 53.9. The number of rotatable bonds is 4. The van der Waals surface area contributed by atoms with Crippen molar-refractivity contribution in [3.8, 4) is 16.8 Å². The maximum Gasteiger partial charge on any atom is 0.354 e. The van der Waals surface area contributed by atoms with Gasteiger partial charge in [0, 0.05) is 31.4 Å². The van der Waals surface area contributed by atoms with E-state index in [1.54, 1.807) is 19.9 Å². The molecule has 2 aliphatic heterocycles. The summed E-state index contributed by atoms with van der Waals surface area (Å²) in [5.74, 6) is -5.60. The van der Waals surface area contributed by atoms with Crippen molar-refractivity contribution >= 4 is 63.1 Å². The molecule has 250 valence electrons. The highest BCUT2D eigenvalue weighted by Crippen LogP contribution is 2.49. The molecule has 0 spiro atoms. The van der Waals surface area contributed by atoms with Crippen LogP contribution in [0, 0.1) is 24.4 Å². The monoisotopic (exact) mass is 699 g/mol. The first-order chi connectivity index (χ1) is 22.6. The van der Waals surface area contributed by atoms with E-state index in [0.717, 1.165) is 21.6 Å². The van der Waals surface area contributed by atoms with Gasteiger partial charge in [-0.2, -0.15) is 4.98 Å². The third-order valence-corrected chi connectivity index (χ3v) is 9.56. The number of anilines is 3. The number of aromatic nitrogens is 3. The number of halogens is 5. The zero-order valence-corrected chi connectivity index (χ0v) is 28.0. The van der Waals surface area contributed by atoms with Gasteiger partial charge in [-0.15, -0.1) is 0 Å². The number of likely N-dealkylation sites (N-methyl/N-ethyl adjacent to an activating group) is 1. The van der Waals surface area contributed by atoms with E-state index in [0.29, 0.717) is 11.3 Å². The molecule has 2 unspecified atom stereocenters. The zero-order chi connectivity index (χ0) is 35.1. The number of nitrogens with zero attached hydrogens (tertiary/aromatic N) is 6. The molecule has 1 fully saturated rings. The first kappa shape index (κ1) is 33.3. The van der Waals surface area contributed by atoms with Crippen LogP contribution >= 0.6 is 23.2 Å². The van der Waals surface area contributed by atoms with Gasteiger partial charge in [0.25, 0.3) is 5.91 Å². The Balaban J connectivity index is 1.85. The molecule has 0 bridgehead atoms. The average Bonchev–Trinajstić information content (AvgIpc) is 3.12. The molecule has 48 heavy (non-hydrogen) atoms. The van der Waals surface area contributed by atoms with Gasteiger partial charge in [-0.25, -0.2) is 18.0 Å². The lowest BCUT2D eigenvalue weighted by Crippen LogP contribution is -2.63. The van der Waals surface area contributed by atoms with E-state index >= 15 is 13.2 Å². The minimum absolute atomic E-state index is 0.0194. The van der Waals surface area contributed by atoms with Gasteiger partial charge in [-0.05, 0) is 43.5 Å². The Hall–Kier alpha value is -4.62. The molecule has 0 radical (unpaired) electrons. The molecule has 15 heteroatoms. The first-order valence-corrected chi connectivity index (χ1v) is 15.7. The molecule has 6 rings (SSSR count). The van der Waals surface area contributed by atoms with Crippen LogP contribution in [0.2, 0.25) is 10.0 Å². The van der Waals surface area contributed by atoms with Crippen molar-refractivity contribution in [1.82, 2.24) is 19.4 Å². The maximum atomic E-state index is 17.5. The summed E-state index contributed by atoms with van der Waals surface area (Å²) in [7, 11) is 1.27. The predicted octanol–water partition coefficient (Wildman–Crippen LogP) is 5.75. The first-order valence-electron chi connectivity index (χ1n) is 15.0. The minimum Gasteiger partial charge on any atom is -0.397 e. The second kappa shape index (κ2) is 11.8. The van der Waals surface area contributed by atoms with Gasteiger partial charge < -0.3 is 20.4 Å². The van der Waals surface area contributed by atoms with Gasteiger partial charge in [0.05, 0.1) is 50.3 Å².